The van der Waals surface area contributed by atoms with Gasteiger partial charge < -0.3 is 10.1 Å². The molecule has 1 N–H and O–H groups in total. The molecular formula is C15H17N3O2. The van der Waals surface area contributed by atoms with Crippen LogP contribution in [0.5, 0.6) is 0 Å². The van der Waals surface area contributed by atoms with E-state index < -0.39 is 0 Å². The van der Waals surface area contributed by atoms with Crippen molar-refractivity contribution in [2.75, 3.05) is 11.9 Å². The van der Waals surface area contributed by atoms with E-state index in [1.54, 1.807) is 4.68 Å². The summed E-state index contributed by atoms with van der Waals surface area (Å²) >= 11 is 0. The molecular weight excluding hydrogens is 254 g/mol. The summed E-state index contributed by atoms with van der Waals surface area (Å²) in [6.45, 7) is 2.57. The number of benzene rings is 1. The number of carbonyl (C=O) groups excluding carboxylic acids is 1. The predicted molar refractivity (Wildman–Crippen MR) is 75.9 cm³/mol. The SMILES string of the molecule is Cc1cc(NC(=O)C2CCCO2)n(-c2ccccc2)n1. The molecule has 0 aliphatic carbocycles. The molecule has 0 saturated carbocycles. The standard InChI is InChI=1S/C15H17N3O2/c1-11-10-14(16-15(19)13-8-5-9-20-13)18(17-11)12-6-3-2-4-7-12/h2-4,6-7,10,13H,5,8-9H2,1H3,(H,16,19). The van der Waals surface area contributed by atoms with Crippen molar-refractivity contribution in [1.82, 2.24) is 9.78 Å². The summed E-state index contributed by atoms with van der Waals surface area (Å²) < 4.78 is 7.14. The lowest BCUT2D eigenvalue weighted by atomic mass is 10.2. The van der Waals surface area contributed by atoms with Gasteiger partial charge in [-0.05, 0) is 31.9 Å². The first-order chi connectivity index (χ1) is 9.74. The molecule has 0 spiro atoms. The highest BCUT2D eigenvalue weighted by molar-refractivity contribution is 5.93. The van der Waals surface area contributed by atoms with Gasteiger partial charge in [0, 0.05) is 12.7 Å². The molecule has 1 amide bonds. The number of amides is 1. The van der Waals surface area contributed by atoms with Crippen LogP contribution in [0, 0.1) is 6.92 Å². The predicted octanol–water partition coefficient (Wildman–Crippen LogP) is 2.30. The second-order valence-corrected chi connectivity index (χ2v) is 4.91. The van der Waals surface area contributed by atoms with Crippen molar-refractivity contribution in [3.05, 3.63) is 42.1 Å². The number of aromatic nitrogens is 2. The fraction of sp³-hybridized carbons (Fsp3) is 0.333. The number of hydrogen-bond donors (Lipinski definition) is 1. The van der Waals surface area contributed by atoms with E-state index in [0.717, 1.165) is 24.2 Å². The number of ether oxygens (including phenoxy) is 1. The van der Waals surface area contributed by atoms with Crippen LogP contribution in [0.4, 0.5) is 5.82 Å². The number of carbonyl (C=O) groups is 1. The Hall–Kier alpha value is -2.14. The van der Waals surface area contributed by atoms with E-state index in [-0.39, 0.29) is 12.0 Å². The number of aryl methyl sites for hydroxylation is 1. The molecule has 2 heterocycles. The molecule has 104 valence electrons. The lowest BCUT2D eigenvalue weighted by Gasteiger charge is -2.12. The van der Waals surface area contributed by atoms with E-state index >= 15 is 0 Å². The van der Waals surface area contributed by atoms with Crippen molar-refractivity contribution < 1.29 is 9.53 Å². The molecule has 0 radical (unpaired) electrons. The summed E-state index contributed by atoms with van der Waals surface area (Å²) in [6, 6.07) is 11.6. The van der Waals surface area contributed by atoms with Crippen molar-refractivity contribution in [2.24, 2.45) is 0 Å². The van der Waals surface area contributed by atoms with Crippen LogP contribution in [0.25, 0.3) is 5.69 Å². The summed E-state index contributed by atoms with van der Waals surface area (Å²) in [5.74, 6) is 0.578. The van der Waals surface area contributed by atoms with Crippen LogP contribution >= 0.6 is 0 Å². The van der Waals surface area contributed by atoms with Gasteiger partial charge in [0.25, 0.3) is 5.91 Å². The Bertz CT molecular complexity index is 601. The first-order valence-corrected chi connectivity index (χ1v) is 6.78. The lowest BCUT2D eigenvalue weighted by molar-refractivity contribution is -0.124. The zero-order valence-corrected chi connectivity index (χ0v) is 11.4. The van der Waals surface area contributed by atoms with Gasteiger partial charge in [-0.25, -0.2) is 4.68 Å². The maximum atomic E-state index is 12.1. The summed E-state index contributed by atoms with van der Waals surface area (Å²) in [4.78, 5) is 12.1. The van der Waals surface area contributed by atoms with Gasteiger partial charge in [-0.15, -0.1) is 0 Å². The highest BCUT2D eigenvalue weighted by Gasteiger charge is 2.24. The highest BCUT2D eigenvalue weighted by Crippen LogP contribution is 2.19. The summed E-state index contributed by atoms with van der Waals surface area (Å²) in [5, 5.41) is 7.33. The van der Waals surface area contributed by atoms with E-state index in [9.17, 15) is 4.79 Å². The number of para-hydroxylation sites is 1. The average molecular weight is 271 g/mol. The van der Waals surface area contributed by atoms with E-state index in [1.807, 2.05) is 43.3 Å². The van der Waals surface area contributed by atoms with E-state index in [0.29, 0.717) is 12.4 Å². The fourth-order valence-electron chi connectivity index (χ4n) is 2.35. The lowest BCUT2D eigenvalue weighted by Crippen LogP contribution is -2.27. The maximum Gasteiger partial charge on any atom is 0.254 e. The van der Waals surface area contributed by atoms with Crippen LogP contribution in [-0.4, -0.2) is 28.4 Å². The van der Waals surface area contributed by atoms with Gasteiger partial charge in [0.05, 0.1) is 11.4 Å². The van der Waals surface area contributed by atoms with Crippen LogP contribution in [0.3, 0.4) is 0 Å². The Morgan fingerprint density at radius 2 is 2.20 bits per heavy atom. The Kier molecular flexibility index (Phi) is 3.52. The largest absolute Gasteiger partial charge is 0.368 e. The molecule has 1 aliphatic rings. The Labute approximate surface area is 117 Å². The third-order valence-electron chi connectivity index (χ3n) is 3.31. The number of anilines is 1. The summed E-state index contributed by atoms with van der Waals surface area (Å²) in [7, 11) is 0. The molecule has 5 heteroatoms. The third kappa shape index (κ3) is 2.58. The van der Waals surface area contributed by atoms with E-state index in [1.165, 1.54) is 0 Å². The first-order valence-electron chi connectivity index (χ1n) is 6.78. The molecule has 1 aliphatic heterocycles. The molecule has 5 nitrogen and oxygen atoms in total. The number of rotatable bonds is 3. The normalized spacial score (nSPS) is 18.1. The molecule has 1 aromatic heterocycles. The monoisotopic (exact) mass is 271 g/mol. The molecule has 20 heavy (non-hydrogen) atoms. The maximum absolute atomic E-state index is 12.1. The third-order valence-corrected chi connectivity index (χ3v) is 3.31. The minimum Gasteiger partial charge on any atom is -0.368 e. The second-order valence-electron chi connectivity index (χ2n) is 4.91. The highest BCUT2D eigenvalue weighted by atomic mass is 16.5. The molecule has 1 unspecified atom stereocenters. The topological polar surface area (TPSA) is 56.1 Å². The van der Waals surface area contributed by atoms with Crippen molar-refractivity contribution >= 4 is 11.7 Å². The van der Waals surface area contributed by atoms with Crippen LogP contribution in [0.15, 0.2) is 36.4 Å². The average Bonchev–Trinajstić information content (AvgIpc) is 3.09. The van der Waals surface area contributed by atoms with E-state index in [2.05, 4.69) is 10.4 Å². The summed E-state index contributed by atoms with van der Waals surface area (Å²) in [5.41, 5.74) is 1.78. The minimum absolute atomic E-state index is 0.0976. The van der Waals surface area contributed by atoms with E-state index in [4.69, 9.17) is 4.74 Å². The molecule has 1 atom stereocenters. The van der Waals surface area contributed by atoms with Crippen LogP contribution < -0.4 is 5.32 Å². The van der Waals surface area contributed by atoms with Gasteiger partial charge in [0.2, 0.25) is 0 Å². The van der Waals surface area contributed by atoms with Gasteiger partial charge in [-0.2, -0.15) is 5.10 Å². The van der Waals surface area contributed by atoms with Gasteiger partial charge >= 0.3 is 0 Å². The molecule has 2 aromatic rings. The fourth-order valence-corrected chi connectivity index (χ4v) is 2.35. The quantitative estimate of drug-likeness (QED) is 0.932. The molecule has 1 aromatic carbocycles. The second kappa shape index (κ2) is 5.46. The number of nitrogens with one attached hydrogen (secondary N) is 1. The van der Waals surface area contributed by atoms with Gasteiger partial charge in [-0.1, -0.05) is 18.2 Å². The molecule has 1 saturated heterocycles. The number of nitrogens with zero attached hydrogens (tertiary/aromatic N) is 2. The Morgan fingerprint density at radius 3 is 2.90 bits per heavy atom. The summed E-state index contributed by atoms with van der Waals surface area (Å²) in [6.07, 6.45) is 1.38. The van der Waals surface area contributed by atoms with Crippen molar-refractivity contribution in [2.45, 2.75) is 25.9 Å². The van der Waals surface area contributed by atoms with Crippen molar-refractivity contribution in [1.29, 1.82) is 0 Å². The zero-order valence-electron chi connectivity index (χ0n) is 11.4. The smallest absolute Gasteiger partial charge is 0.254 e. The zero-order chi connectivity index (χ0) is 13.9. The number of hydrogen-bond acceptors (Lipinski definition) is 3. The van der Waals surface area contributed by atoms with Crippen LogP contribution in [0.1, 0.15) is 18.5 Å². The Morgan fingerprint density at radius 1 is 1.40 bits per heavy atom. The molecule has 0 bridgehead atoms. The van der Waals surface area contributed by atoms with Gasteiger partial charge in [-0.3, -0.25) is 4.79 Å². The minimum atomic E-state index is -0.338. The van der Waals surface area contributed by atoms with Gasteiger partial charge in [0.1, 0.15) is 11.9 Å². The molecule has 1 fully saturated rings. The van der Waals surface area contributed by atoms with Crippen LogP contribution in [0.2, 0.25) is 0 Å². The first kappa shape index (κ1) is 12.9. The Balaban J connectivity index is 1.84. The van der Waals surface area contributed by atoms with Crippen molar-refractivity contribution in [3.8, 4) is 5.69 Å². The van der Waals surface area contributed by atoms with Gasteiger partial charge in [0.15, 0.2) is 0 Å². The van der Waals surface area contributed by atoms with Crippen molar-refractivity contribution in [3.63, 3.8) is 0 Å². The molecule has 3 rings (SSSR count). The van der Waals surface area contributed by atoms with Crippen LogP contribution in [-0.2, 0) is 9.53 Å².